The summed E-state index contributed by atoms with van der Waals surface area (Å²) >= 11 is 0. The molecule has 1 aromatic rings. The number of halogens is 6. The van der Waals surface area contributed by atoms with Gasteiger partial charge in [0.25, 0.3) is 0 Å². The van der Waals surface area contributed by atoms with Gasteiger partial charge < -0.3 is 5.11 Å². The topological polar surface area (TPSA) is 27.4 Å². The van der Waals surface area contributed by atoms with E-state index in [2.05, 4.69) is 4.85 Å². The molecule has 0 atom stereocenters. The molecule has 0 saturated heterocycles. The highest BCUT2D eigenvalue weighted by Gasteiger charge is 2.62. The molecule has 1 rings (SSSR count). The first kappa shape index (κ1) is 14.3. The van der Waals surface area contributed by atoms with Crippen LogP contribution in [0, 0.1) is 6.57 Å². The van der Waals surface area contributed by atoms with Gasteiger partial charge in [-0.05, 0) is 5.56 Å². The predicted octanol–water partition coefficient (Wildman–Crippen LogP) is 2.92. The van der Waals surface area contributed by atoms with Crippen LogP contribution in [0.2, 0.25) is 0 Å². The maximum absolute atomic E-state index is 12.4. The second-order valence-corrected chi connectivity index (χ2v) is 3.34. The second-order valence-electron chi connectivity index (χ2n) is 3.34. The van der Waals surface area contributed by atoms with Crippen molar-refractivity contribution in [2.24, 2.45) is 0 Å². The van der Waals surface area contributed by atoms with Crippen LogP contribution in [0.15, 0.2) is 24.3 Å². The van der Waals surface area contributed by atoms with E-state index in [1.54, 1.807) is 0 Å². The van der Waals surface area contributed by atoms with Crippen molar-refractivity contribution in [2.45, 2.75) is 18.0 Å². The Hall–Kier alpha value is -1.75. The first-order valence-electron chi connectivity index (χ1n) is 4.36. The van der Waals surface area contributed by atoms with Crippen molar-refractivity contribution >= 4 is 5.69 Å². The van der Waals surface area contributed by atoms with E-state index < -0.39 is 23.5 Å². The second kappa shape index (κ2) is 4.17. The Balaban J connectivity index is 3.42. The average molecular weight is 268 g/mol. The lowest BCUT2D eigenvalue weighted by Gasteiger charge is -2.43. The fourth-order valence-electron chi connectivity index (χ4n) is 1.26. The molecule has 0 aliphatic carbocycles. The van der Waals surface area contributed by atoms with E-state index in [4.69, 9.17) is 6.57 Å². The van der Waals surface area contributed by atoms with Crippen molar-refractivity contribution in [1.82, 2.24) is 0 Å². The van der Waals surface area contributed by atoms with E-state index in [0.717, 1.165) is 12.1 Å². The zero-order valence-corrected chi connectivity index (χ0v) is 8.43. The third-order valence-electron chi connectivity index (χ3n) is 2.20. The summed E-state index contributed by atoms with van der Waals surface area (Å²) in [6.45, 7) is 6.52. The molecular weight excluding hydrogens is 264 g/mol. The molecule has 0 saturated carbocycles. The molecule has 0 spiro atoms. The van der Waals surface area contributed by atoms with Crippen molar-refractivity contribution in [1.29, 1.82) is 0 Å². The summed E-state index contributed by atoms with van der Waals surface area (Å²) in [5.74, 6) is 0. The molecule has 98 valence electrons. The van der Waals surface area contributed by atoms with E-state index in [1.807, 2.05) is 0 Å². The van der Waals surface area contributed by atoms with Crippen LogP contribution in [0.4, 0.5) is 32.0 Å². The molecule has 0 bridgehead atoms. The van der Waals surface area contributed by atoms with Crippen LogP contribution in [-0.4, -0.2) is 12.4 Å². The summed E-state index contributed by atoms with van der Waals surface area (Å²) in [5, 5.41) is 11.2. The highest BCUT2D eigenvalue weighted by atomic mass is 19.4. The van der Waals surface area contributed by atoms with Crippen LogP contribution < -0.4 is 5.11 Å². The summed E-state index contributed by atoms with van der Waals surface area (Å²) in [6, 6.07) is 2.18. The molecular formula is C10H4F6NO-. The van der Waals surface area contributed by atoms with Crippen LogP contribution in [0.3, 0.4) is 0 Å². The molecule has 0 N–H and O–H groups in total. The van der Waals surface area contributed by atoms with Gasteiger partial charge >= 0.3 is 12.4 Å². The molecule has 0 radical (unpaired) electrons. The summed E-state index contributed by atoms with van der Waals surface area (Å²) in [5.41, 5.74) is -6.85. The highest BCUT2D eigenvalue weighted by Crippen LogP contribution is 2.47. The van der Waals surface area contributed by atoms with Crippen molar-refractivity contribution in [2.75, 3.05) is 0 Å². The van der Waals surface area contributed by atoms with E-state index in [0.29, 0.717) is 12.1 Å². The SMILES string of the molecule is [C-]#[N+]c1ccc(C([O-])(C(F)(F)F)C(F)(F)F)cc1. The van der Waals surface area contributed by atoms with Gasteiger partial charge in [0.05, 0.1) is 6.57 Å². The lowest BCUT2D eigenvalue weighted by molar-refractivity contribution is -0.604. The number of rotatable bonds is 1. The van der Waals surface area contributed by atoms with E-state index in [1.165, 1.54) is 0 Å². The number of benzene rings is 1. The fourth-order valence-corrected chi connectivity index (χ4v) is 1.26. The minimum atomic E-state index is -6.02. The number of alkyl halides is 6. The standard InChI is InChI=1S/C10H4F6NO/c1-17-7-4-2-6(3-5-7)8(18,9(11,12)13)10(14,15)16/h2-5H/q-1. The summed E-state index contributed by atoms with van der Waals surface area (Å²) in [4.78, 5) is 2.80. The lowest BCUT2D eigenvalue weighted by Crippen LogP contribution is -2.63. The quantitative estimate of drug-likeness (QED) is 0.568. The van der Waals surface area contributed by atoms with E-state index in [9.17, 15) is 31.4 Å². The maximum atomic E-state index is 12.4. The zero-order chi connectivity index (χ0) is 14.2. The molecule has 1 aromatic carbocycles. The third-order valence-corrected chi connectivity index (χ3v) is 2.20. The molecule has 0 unspecified atom stereocenters. The van der Waals surface area contributed by atoms with Gasteiger partial charge in [-0.15, -0.1) is 0 Å². The van der Waals surface area contributed by atoms with Crippen LogP contribution in [0.25, 0.3) is 4.85 Å². The highest BCUT2D eigenvalue weighted by molar-refractivity contribution is 5.46. The normalized spacial score (nSPS) is 13.2. The van der Waals surface area contributed by atoms with Crippen LogP contribution in [0.1, 0.15) is 5.56 Å². The van der Waals surface area contributed by atoms with Crippen molar-refractivity contribution in [3.05, 3.63) is 41.2 Å². The number of nitrogens with zero attached hydrogens (tertiary/aromatic N) is 1. The Morgan fingerprint density at radius 3 is 1.56 bits per heavy atom. The molecule has 18 heavy (non-hydrogen) atoms. The third kappa shape index (κ3) is 2.13. The molecule has 0 aliphatic rings. The summed E-state index contributed by atoms with van der Waals surface area (Å²) in [7, 11) is 0. The van der Waals surface area contributed by atoms with E-state index in [-0.39, 0.29) is 5.69 Å². The minimum Gasteiger partial charge on any atom is -0.833 e. The Kier molecular flexibility index (Phi) is 3.32. The summed E-state index contributed by atoms with van der Waals surface area (Å²) in [6.07, 6.45) is -12.0. The van der Waals surface area contributed by atoms with Crippen LogP contribution >= 0.6 is 0 Å². The molecule has 2 nitrogen and oxygen atoms in total. The first-order chi connectivity index (χ1) is 8.04. The summed E-state index contributed by atoms with van der Waals surface area (Å²) < 4.78 is 74.3. The smallest absolute Gasteiger partial charge is 0.392 e. The average Bonchev–Trinajstić information content (AvgIpc) is 2.25. The number of hydrogen-bond acceptors (Lipinski definition) is 1. The van der Waals surface area contributed by atoms with Gasteiger partial charge in [-0.25, -0.2) is 4.85 Å². The molecule has 8 heteroatoms. The predicted molar refractivity (Wildman–Crippen MR) is 46.5 cm³/mol. The Bertz CT molecular complexity index is 453. The Morgan fingerprint density at radius 1 is 0.889 bits per heavy atom. The molecule has 0 amide bonds. The fraction of sp³-hybridized carbons (Fsp3) is 0.300. The largest absolute Gasteiger partial charge is 0.833 e. The van der Waals surface area contributed by atoms with Crippen molar-refractivity contribution in [3.63, 3.8) is 0 Å². The maximum Gasteiger partial charge on any atom is 0.392 e. The minimum absolute atomic E-state index is 0.162. The van der Waals surface area contributed by atoms with Crippen LogP contribution in [0.5, 0.6) is 0 Å². The van der Waals surface area contributed by atoms with Gasteiger partial charge in [0, 0.05) is 0 Å². The van der Waals surface area contributed by atoms with Gasteiger partial charge in [0.15, 0.2) is 5.69 Å². The monoisotopic (exact) mass is 268 g/mol. The molecule has 0 aliphatic heterocycles. The van der Waals surface area contributed by atoms with Gasteiger partial charge in [0.1, 0.15) is 5.60 Å². The van der Waals surface area contributed by atoms with Crippen molar-refractivity contribution in [3.8, 4) is 0 Å². The van der Waals surface area contributed by atoms with Gasteiger partial charge in [-0.3, -0.25) is 0 Å². The van der Waals surface area contributed by atoms with E-state index >= 15 is 0 Å². The van der Waals surface area contributed by atoms with Gasteiger partial charge in [-0.1, -0.05) is 24.3 Å². The Morgan fingerprint density at radius 2 is 1.28 bits per heavy atom. The van der Waals surface area contributed by atoms with Crippen LogP contribution in [-0.2, 0) is 5.60 Å². The Labute approximate surface area is 97.3 Å². The lowest BCUT2D eigenvalue weighted by atomic mass is 9.92. The van der Waals surface area contributed by atoms with Gasteiger partial charge in [-0.2, -0.15) is 26.3 Å². The zero-order valence-electron chi connectivity index (χ0n) is 8.43. The van der Waals surface area contributed by atoms with Crippen molar-refractivity contribution < 1.29 is 31.4 Å². The van der Waals surface area contributed by atoms with Gasteiger partial charge in [0.2, 0.25) is 0 Å². The number of hydrogen-bond donors (Lipinski definition) is 0. The first-order valence-corrected chi connectivity index (χ1v) is 4.36. The molecule has 0 heterocycles. The molecule has 0 fully saturated rings. The molecule has 0 aromatic heterocycles.